The SMILES string of the molecule is O=[N+]([O-])c1ccc(CO)cc1OC1CCOC2(CCC2)C1. The number of hydrogen-bond acceptors (Lipinski definition) is 5. The fraction of sp³-hybridized carbons (Fsp3) is 0.600. The maximum absolute atomic E-state index is 11.1. The van der Waals surface area contributed by atoms with Crippen LogP contribution in [0.5, 0.6) is 5.75 Å². The van der Waals surface area contributed by atoms with Gasteiger partial charge in [0, 0.05) is 18.9 Å². The minimum Gasteiger partial charge on any atom is -0.483 e. The van der Waals surface area contributed by atoms with Crippen LogP contribution in [0.3, 0.4) is 0 Å². The molecular weight excluding hydrogens is 274 g/mol. The number of aliphatic hydroxyl groups excluding tert-OH is 1. The van der Waals surface area contributed by atoms with Crippen molar-refractivity contribution in [2.45, 2.75) is 50.4 Å². The highest BCUT2D eigenvalue weighted by Crippen LogP contribution is 2.43. The third kappa shape index (κ3) is 2.87. The molecular formula is C15H19NO5. The van der Waals surface area contributed by atoms with Gasteiger partial charge in [0.1, 0.15) is 6.10 Å². The smallest absolute Gasteiger partial charge is 0.310 e. The third-order valence-corrected chi connectivity index (χ3v) is 4.41. The van der Waals surface area contributed by atoms with Crippen molar-refractivity contribution < 1.29 is 19.5 Å². The first-order chi connectivity index (χ1) is 10.1. The van der Waals surface area contributed by atoms with Gasteiger partial charge in [0.15, 0.2) is 5.75 Å². The lowest BCUT2D eigenvalue weighted by Crippen LogP contribution is -2.48. The van der Waals surface area contributed by atoms with Gasteiger partial charge in [-0.25, -0.2) is 0 Å². The lowest BCUT2D eigenvalue weighted by Gasteiger charge is -2.46. The molecule has 1 saturated heterocycles. The maximum Gasteiger partial charge on any atom is 0.310 e. The van der Waals surface area contributed by atoms with E-state index < -0.39 is 4.92 Å². The van der Waals surface area contributed by atoms with E-state index >= 15 is 0 Å². The lowest BCUT2D eigenvalue weighted by molar-refractivity contribution is -0.386. The Kier molecular flexibility index (Phi) is 3.82. The van der Waals surface area contributed by atoms with Gasteiger partial charge in [0.05, 0.1) is 23.7 Å². The van der Waals surface area contributed by atoms with Crippen LogP contribution < -0.4 is 4.74 Å². The van der Waals surface area contributed by atoms with E-state index in [2.05, 4.69) is 0 Å². The van der Waals surface area contributed by atoms with Gasteiger partial charge in [-0.2, -0.15) is 0 Å². The molecule has 6 nitrogen and oxygen atoms in total. The second-order valence-corrected chi connectivity index (χ2v) is 5.83. The molecule has 2 fully saturated rings. The Hall–Kier alpha value is -1.66. The van der Waals surface area contributed by atoms with E-state index in [0.717, 1.165) is 25.7 Å². The molecule has 1 aliphatic heterocycles. The molecule has 3 rings (SSSR count). The summed E-state index contributed by atoms with van der Waals surface area (Å²) in [5, 5.41) is 20.3. The van der Waals surface area contributed by atoms with Crippen molar-refractivity contribution in [3.63, 3.8) is 0 Å². The van der Waals surface area contributed by atoms with Gasteiger partial charge >= 0.3 is 5.69 Å². The summed E-state index contributed by atoms with van der Waals surface area (Å²) in [6.07, 6.45) is 4.73. The molecule has 1 heterocycles. The van der Waals surface area contributed by atoms with Crippen molar-refractivity contribution in [3.05, 3.63) is 33.9 Å². The largest absolute Gasteiger partial charge is 0.483 e. The number of ether oxygens (including phenoxy) is 2. The van der Waals surface area contributed by atoms with Crippen LogP contribution in [0.2, 0.25) is 0 Å². The Morgan fingerprint density at radius 2 is 2.29 bits per heavy atom. The topological polar surface area (TPSA) is 81.8 Å². The highest BCUT2D eigenvalue weighted by molar-refractivity contribution is 5.48. The van der Waals surface area contributed by atoms with E-state index in [0.29, 0.717) is 12.2 Å². The van der Waals surface area contributed by atoms with Gasteiger partial charge in [0.25, 0.3) is 0 Å². The summed E-state index contributed by atoms with van der Waals surface area (Å²) in [4.78, 5) is 10.6. The highest BCUT2D eigenvalue weighted by Gasteiger charge is 2.43. The summed E-state index contributed by atoms with van der Waals surface area (Å²) in [5.41, 5.74) is 0.495. The fourth-order valence-corrected chi connectivity index (χ4v) is 3.08. The van der Waals surface area contributed by atoms with Crippen LogP contribution in [0.1, 0.15) is 37.7 Å². The Bertz CT molecular complexity index is 541. The van der Waals surface area contributed by atoms with Crippen LogP contribution in [0.25, 0.3) is 0 Å². The molecule has 1 aromatic rings. The molecule has 1 aromatic carbocycles. The minimum atomic E-state index is -0.449. The molecule has 1 N–H and O–H groups in total. The van der Waals surface area contributed by atoms with Crippen molar-refractivity contribution in [2.24, 2.45) is 0 Å². The van der Waals surface area contributed by atoms with Crippen LogP contribution in [0.15, 0.2) is 18.2 Å². The monoisotopic (exact) mass is 293 g/mol. The van der Waals surface area contributed by atoms with Crippen molar-refractivity contribution in [1.82, 2.24) is 0 Å². The Morgan fingerprint density at radius 3 is 2.90 bits per heavy atom. The maximum atomic E-state index is 11.1. The van der Waals surface area contributed by atoms with Gasteiger partial charge in [-0.3, -0.25) is 10.1 Å². The average molecular weight is 293 g/mol. The van der Waals surface area contributed by atoms with Crippen LogP contribution in [0.4, 0.5) is 5.69 Å². The molecule has 2 aliphatic rings. The van der Waals surface area contributed by atoms with E-state index in [4.69, 9.17) is 9.47 Å². The predicted octanol–water partition coefficient (Wildman–Crippen LogP) is 2.57. The molecule has 0 radical (unpaired) electrons. The average Bonchev–Trinajstić information content (AvgIpc) is 2.45. The van der Waals surface area contributed by atoms with Gasteiger partial charge in [-0.15, -0.1) is 0 Å². The number of rotatable bonds is 4. The van der Waals surface area contributed by atoms with Gasteiger partial charge < -0.3 is 14.6 Å². The highest BCUT2D eigenvalue weighted by atomic mass is 16.6. The first-order valence-corrected chi connectivity index (χ1v) is 7.31. The summed E-state index contributed by atoms with van der Waals surface area (Å²) in [6.45, 7) is 0.476. The van der Waals surface area contributed by atoms with Crippen LogP contribution in [-0.4, -0.2) is 28.3 Å². The second kappa shape index (κ2) is 5.61. The molecule has 1 saturated carbocycles. The first kappa shape index (κ1) is 14.3. The summed E-state index contributed by atoms with van der Waals surface area (Å²) in [5.74, 6) is 0.243. The lowest BCUT2D eigenvalue weighted by atomic mass is 9.74. The quantitative estimate of drug-likeness (QED) is 0.681. The van der Waals surface area contributed by atoms with E-state index in [1.165, 1.54) is 12.5 Å². The molecule has 114 valence electrons. The van der Waals surface area contributed by atoms with Gasteiger partial charge in [0.2, 0.25) is 0 Å². The van der Waals surface area contributed by atoms with Gasteiger partial charge in [-0.1, -0.05) is 0 Å². The summed E-state index contributed by atoms with van der Waals surface area (Å²) >= 11 is 0. The van der Waals surface area contributed by atoms with E-state index in [1.807, 2.05) is 0 Å². The Balaban J connectivity index is 1.78. The number of nitro groups is 1. The van der Waals surface area contributed by atoms with E-state index in [9.17, 15) is 15.2 Å². The molecule has 0 amide bonds. The number of benzene rings is 1. The van der Waals surface area contributed by atoms with Crippen LogP contribution in [0, 0.1) is 10.1 Å². The zero-order chi connectivity index (χ0) is 14.9. The standard InChI is InChI=1S/C15H19NO5/c17-10-11-2-3-13(16(18)19)14(8-11)21-12-4-7-20-15(9-12)5-1-6-15/h2-3,8,12,17H,1,4-7,9-10H2. The molecule has 0 aromatic heterocycles. The number of hydrogen-bond donors (Lipinski definition) is 1. The molecule has 21 heavy (non-hydrogen) atoms. The number of aliphatic hydroxyl groups is 1. The minimum absolute atomic E-state index is 0.0543. The van der Waals surface area contributed by atoms with Crippen LogP contribution >= 0.6 is 0 Å². The van der Waals surface area contributed by atoms with Crippen LogP contribution in [-0.2, 0) is 11.3 Å². The summed E-state index contributed by atoms with van der Waals surface area (Å²) in [6, 6.07) is 4.49. The zero-order valence-corrected chi connectivity index (χ0v) is 11.8. The first-order valence-electron chi connectivity index (χ1n) is 7.31. The molecule has 1 spiro atoms. The summed E-state index contributed by atoms with van der Waals surface area (Å²) in [7, 11) is 0. The number of nitro benzene ring substituents is 1. The normalized spacial score (nSPS) is 23.6. The molecule has 0 bridgehead atoms. The van der Waals surface area contributed by atoms with Crippen molar-refractivity contribution in [1.29, 1.82) is 0 Å². The fourth-order valence-electron chi connectivity index (χ4n) is 3.08. The molecule has 1 unspecified atom stereocenters. The summed E-state index contributed by atoms with van der Waals surface area (Å²) < 4.78 is 11.7. The van der Waals surface area contributed by atoms with Gasteiger partial charge in [-0.05, 0) is 37.0 Å². The van der Waals surface area contributed by atoms with Crippen molar-refractivity contribution >= 4 is 5.69 Å². The third-order valence-electron chi connectivity index (χ3n) is 4.41. The number of nitrogens with zero attached hydrogens (tertiary/aromatic N) is 1. The Labute approximate surface area is 122 Å². The van der Waals surface area contributed by atoms with Crippen molar-refractivity contribution in [2.75, 3.05) is 6.61 Å². The van der Waals surface area contributed by atoms with Crippen molar-refractivity contribution in [3.8, 4) is 5.75 Å². The second-order valence-electron chi connectivity index (χ2n) is 5.83. The Morgan fingerprint density at radius 1 is 1.48 bits per heavy atom. The predicted molar refractivity (Wildman–Crippen MR) is 75.2 cm³/mol. The van der Waals surface area contributed by atoms with E-state index in [-0.39, 0.29) is 29.7 Å². The molecule has 1 aliphatic carbocycles. The molecule has 1 atom stereocenters. The zero-order valence-electron chi connectivity index (χ0n) is 11.8. The van der Waals surface area contributed by atoms with E-state index in [1.54, 1.807) is 12.1 Å². The molecule has 6 heteroatoms.